The minimum atomic E-state index is 0.105. The van der Waals surface area contributed by atoms with Gasteiger partial charge in [0.1, 0.15) is 0 Å². The minimum Gasteiger partial charge on any atom is -0.347 e. The van der Waals surface area contributed by atoms with Crippen LogP contribution in [0.3, 0.4) is 0 Å². The number of anilines is 2. The molecule has 0 atom stereocenters. The average molecular weight is 248 g/mol. The molecule has 98 valence electrons. The van der Waals surface area contributed by atoms with Crippen LogP contribution >= 0.6 is 0 Å². The number of nitrogens with zero attached hydrogens (tertiary/aromatic N) is 3. The van der Waals surface area contributed by atoms with Crippen LogP contribution in [-0.2, 0) is 4.79 Å². The van der Waals surface area contributed by atoms with Crippen LogP contribution < -0.4 is 10.2 Å². The summed E-state index contributed by atoms with van der Waals surface area (Å²) in [5.74, 6) is 0.956. The summed E-state index contributed by atoms with van der Waals surface area (Å²) in [6, 6.07) is 0. The summed E-state index contributed by atoms with van der Waals surface area (Å²) in [5, 5.41) is 2.96. The predicted molar refractivity (Wildman–Crippen MR) is 71.8 cm³/mol. The third-order valence-electron chi connectivity index (χ3n) is 3.38. The van der Waals surface area contributed by atoms with Crippen molar-refractivity contribution in [1.82, 2.24) is 9.97 Å². The number of carbonyl (C=O) groups excluding carboxylic acids is 1. The van der Waals surface area contributed by atoms with Gasteiger partial charge in [-0.1, -0.05) is 6.42 Å². The van der Waals surface area contributed by atoms with E-state index >= 15 is 0 Å². The van der Waals surface area contributed by atoms with Crippen molar-refractivity contribution in [2.45, 2.75) is 33.1 Å². The fraction of sp³-hybridized carbons (Fsp3) is 0.615. The van der Waals surface area contributed by atoms with E-state index in [1.165, 1.54) is 0 Å². The Balaban J connectivity index is 2.19. The molecule has 1 fully saturated rings. The molecule has 0 saturated heterocycles. The van der Waals surface area contributed by atoms with E-state index < -0.39 is 0 Å². The highest BCUT2D eigenvalue weighted by Crippen LogP contribution is 2.28. The van der Waals surface area contributed by atoms with E-state index in [0.29, 0.717) is 5.95 Å². The fourth-order valence-corrected chi connectivity index (χ4v) is 1.98. The number of nitrogens with one attached hydrogen (secondary N) is 1. The first-order valence-corrected chi connectivity index (χ1v) is 6.32. The highest BCUT2D eigenvalue weighted by atomic mass is 16.1. The van der Waals surface area contributed by atoms with E-state index in [4.69, 9.17) is 0 Å². The summed E-state index contributed by atoms with van der Waals surface area (Å²) in [4.78, 5) is 22.6. The molecule has 1 saturated carbocycles. The van der Waals surface area contributed by atoms with Gasteiger partial charge in [-0.3, -0.25) is 4.79 Å². The van der Waals surface area contributed by atoms with E-state index in [0.717, 1.165) is 36.3 Å². The van der Waals surface area contributed by atoms with Crippen molar-refractivity contribution in [3.05, 3.63) is 11.4 Å². The molecule has 2 rings (SSSR count). The van der Waals surface area contributed by atoms with Crippen molar-refractivity contribution in [3.63, 3.8) is 0 Å². The number of hydrogen-bond donors (Lipinski definition) is 1. The average Bonchev–Trinajstić information content (AvgIpc) is 2.20. The zero-order valence-corrected chi connectivity index (χ0v) is 11.4. The molecule has 1 heterocycles. The third kappa shape index (κ3) is 2.44. The summed E-state index contributed by atoms with van der Waals surface area (Å²) in [5.41, 5.74) is 2.40. The van der Waals surface area contributed by atoms with Gasteiger partial charge in [-0.15, -0.1) is 0 Å². The van der Waals surface area contributed by atoms with Crippen molar-refractivity contribution in [1.29, 1.82) is 0 Å². The number of rotatable bonds is 3. The van der Waals surface area contributed by atoms with Crippen LogP contribution in [-0.4, -0.2) is 30.0 Å². The van der Waals surface area contributed by atoms with Crippen molar-refractivity contribution in [2.24, 2.45) is 5.92 Å². The van der Waals surface area contributed by atoms with Crippen LogP contribution in [0.5, 0.6) is 0 Å². The molecule has 5 nitrogen and oxygen atoms in total. The summed E-state index contributed by atoms with van der Waals surface area (Å²) < 4.78 is 0. The lowest BCUT2D eigenvalue weighted by Gasteiger charge is -2.25. The molecule has 5 heteroatoms. The summed E-state index contributed by atoms with van der Waals surface area (Å²) in [6.07, 6.45) is 3.16. The largest absolute Gasteiger partial charge is 0.347 e. The van der Waals surface area contributed by atoms with Crippen molar-refractivity contribution in [2.75, 3.05) is 24.3 Å². The topological polar surface area (TPSA) is 58.1 Å². The molecular formula is C13H20N4O. The zero-order chi connectivity index (χ0) is 13.3. The standard InChI is InChI=1S/C13H20N4O/c1-8-11(16-12(18)10-6-5-7-10)9(2)15-13(14-8)17(3)4/h10H,5-7H2,1-4H3,(H,16,18). The molecule has 1 aliphatic carbocycles. The zero-order valence-electron chi connectivity index (χ0n) is 11.4. The summed E-state index contributed by atoms with van der Waals surface area (Å²) >= 11 is 0. The van der Waals surface area contributed by atoms with Crippen molar-refractivity contribution < 1.29 is 4.79 Å². The van der Waals surface area contributed by atoms with E-state index in [1.54, 1.807) is 0 Å². The molecule has 0 spiro atoms. The lowest BCUT2D eigenvalue weighted by atomic mass is 9.85. The minimum absolute atomic E-state index is 0.105. The lowest BCUT2D eigenvalue weighted by molar-refractivity contribution is -0.122. The van der Waals surface area contributed by atoms with Gasteiger partial charge in [0.2, 0.25) is 11.9 Å². The molecule has 1 aliphatic rings. The molecule has 0 unspecified atom stereocenters. The third-order valence-corrected chi connectivity index (χ3v) is 3.38. The van der Waals surface area contributed by atoms with Crippen LogP contribution in [0.2, 0.25) is 0 Å². The normalized spacial score (nSPS) is 15.1. The number of hydrogen-bond acceptors (Lipinski definition) is 4. The van der Waals surface area contributed by atoms with Gasteiger partial charge in [0.05, 0.1) is 17.1 Å². The Morgan fingerprint density at radius 1 is 1.22 bits per heavy atom. The highest BCUT2D eigenvalue weighted by molar-refractivity contribution is 5.94. The predicted octanol–water partition coefficient (Wildman–Crippen LogP) is 1.90. The van der Waals surface area contributed by atoms with Gasteiger partial charge >= 0.3 is 0 Å². The summed E-state index contributed by atoms with van der Waals surface area (Å²) in [7, 11) is 3.81. The Bertz CT molecular complexity index is 443. The van der Waals surface area contributed by atoms with Gasteiger partial charge in [-0.25, -0.2) is 9.97 Å². The quantitative estimate of drug-likeness (QED) is 0.887. The molecule has 1 aromatic heterocycles. The van der Waals surface area contributed by atoms with Gasteiger partial charge < -0.3 is 10.2 Å². The van der Waals surface area contributed by atoms with Gasteiger partial charge in [0.25, 0.3) is 0 Å². The number of amides is 1. The summed E-state index contributed by atoms with van der Waals surface area (Å²) in [6.45, 7) is 3.80. The molecule has 0 radical (unpaired) electrons. The van der Waals surface area contributed by atoms with Crippen LogP contribution in [0.4, 0.5) is 11.6 Å². The van der Waals surface area contributed by atoms with E-state index in [2.05, 4.69) is 15.3 Å². The molecule has 0 bridgehead atoms. The van der Waals surface area contributed by atoms with Gasteiger partial charge in [0.15, 0.2) is 0 Å². The molecular weight excluding hydrogens is 228 g/mol. The second-order valence-corrected chi connectivity index (χ2v) is 5.08. The second-order valence-electron chi connectivity index (χ2n) is 5.08. The Morgan fingerprint density at radius 3 is 2.17 bits per heavy atom. The second kappa shape index (κ2) is 4.92. The Labute approximate surface area is 108 Å². The smallest absolute Gasteiger partial charge is 0.227 e. The van der Waals surface area contributed by atoms with Crippen LogP contribution in [0.25, 0.3) is 0 Å². The van der Waals surface area contributed by atoms with Gasteiger partial charge in [-0.2, -0.15) is 0 Å². The number of carbonyl (C=O) groups is 1. The number of aromatic nitrogens is 2. The first-order valence-electron chi connectivity index (χ1n) is 6.32. The molecule has 1 amide bonds. The molecule has 1 N–H and O–H groups in total. The first kappa shape index (κ1) is 12.8. The van der Waals surface area contributed by atoms with E-state index in [9.17, 15) is 4.79 Å². The van der Waals surface area contributed by atoms with Crippen molar-refractivity contribution >= 4 is 17.5 Å². The molecule has 18 heavy (non-hydrogen) atoms. The maximum absolute atomic E-state index is 11.9. The monoisotopic (exact) mass is 248 g/mol. The van der Waals surface area contributed by atoms with Crippen LogP contribution in [0.15, 0.2) is 0 Å². The first-order chi connectivity index (χ1) is 8.49. The Hall–Kier alpha value is -1.65. The fourth-order valence-electron chi connectivity index (χ4n) is 1.98. The Morgan fingerprint density at radius 2 is 1.78 bits per heavy atom. The maximum atomic E-state index is 11.9. The Kier molecular flexibility index (Phi) is 3.50. The van der Waals surface area contributed by atoms with Gasteiger partial charge in [-0.05, 0) is 26.7 Å². The van der Waals surface area contributed by atoms with E-state index in [1.807, 2.05) is 32.8 Å². The highest BCUT2D eigenvalue weighted by Gasteiger charge is 2.26. The van der Waals surface area contributed by atoms with E-state index in [-0.39, 0.29) is 11.8 Å². The maximum Gasteiger partial charge on any atom is 0.227 e. The van der Waals surface area contributed by atoms with Gasteiger partial charge in [0, 0.05) is 20.0 Å². The molecule has 0 aromatic carbocycles. The van der Waals surface area contributed by atoms with Crippen molar-refractivity contribution in [3.8, 4) is 0 Å². The molecule has 1 aromatic rings. The van der Waals surface area contributed by atoms with Crippen LogP contribution in [0.1, 0.15) is 30.7 Å². The molecule has 0 aliphatic heterocycles. The lowest BCUT2D eigenvalue weighted by Crippen LogP contribution is -2.29. The van der Waals surface area contributed by atoms with Crippen LogP contribution in [0, 0.1) is 19.8 Å². The number of aryl methyl sites for hydroxylation is 2. The SMILES string of the molecule is Cc1nc(N(C)C)nc(C)c1NC(=O)C1CCC1.